The summed E-state index contributed by atoms with van der Waals surface area (Å²) in [6.07, 6.45) is 6.58. The smallest absolute Gasteiger partial charge is 0.122 e. The molecule has 1 aliphatic carbocycles. The fourth-order valence-electron chi connectivity index (χ4n) is 3.24. The molecule has 0 spiro atoms. The van der Waals surface area contributed by atoms with E-state index in [0.717, 1.165) is 11.5 Å². The van der Waals surface area contributed by atoms with Crippen molar-refractivity contribution in [3.8, 4) is 11.5 Å². The molecule has 2 N–H and O–H groups in total. The average molecular weight is 263 g/mol. The normalized spacial score (nSPS) is 18.1. The van der Waals surface area contributed by atoms with Gasteiger partial charge in [0.2, 0.25) is 0 Å². The van der Waals surface area contributed by atoms with Crippen molar-refractivity contribution in [1.29, 1.82) is 0 Å². The highest BCUT2D eigenvalue weighted by atomic mass is 16.5. The topological polar surface area (TPSA) is 44.5 Å². The van der Waals surface area contributed by atoms with Gasteiger partial charge in [0.25, 0.3) is 0 Å². The van der Waals surface area contributed by atoms with E-state index in [4.69, 9.17) is 15.2 Å². The summed E-state index contributed by atoms with van der Waals surface area (Å²) in [7, 11) is 3.42. The minimum absolute atomic E-state index is 0.380. The van der Waals surface area contributed by atoms with Crippen LogP contribution in [0.25, 0.3) is 0 Å². The summed E-state index contributed by atoms with van der Waals surface area (Å²) >= 11 is 0. The molecule has 1 aromatic carbocycles. The maximum absolute atomic E-state index is 6.05. The zero-order valence-corrected chi connectivity index (χ0v) is 12.0. The molecule has 1 aliphatic rings. The van der Waals surface area contributed by atoms with Crippen molar-refractivity contribution in [3.63, 3.8) is 0 Å². The molecule has 1 atom stereocenters. The molecule has 0 amide bonds. The molecule has 0 radical (unpaired) electrons. The van der Waals surface area contributed by atoms with Crippen molar-refractivity contribution in [2.45, 2.75) is 38.0 Å². The Morgan fingerprint density at radius 3 is 2.47 bits per heavy atom. The Morgan fingerprint density at radius 1 is 1.16 bits per heavy atom. The number of ether oxygens (including phenoxy) is 2. The summed E-state index contributed by atoms with van der Waals surface area (Å²) < 4.78 is 10.8. The first-order chi connectivity index (χ1) is 9.30. The van der Waals surface area contributed by atoms with Gasteiger partial charge in [-0.3, -0.25) is 0 Å². The van der Waals surface area contributed by atoms with Crippen LogP contribution >= 0.6 is 0 Å². The van der Waals surface area contributed by atoms with Gasteiger partial charge >= 0.3 is 0 Å². The van der Waals surface area contributed by atoms with Gasteiger partial charge in [0.1, 0.15) is 11.5 Å². The third kappa shape index (κ3) is 3.21. The van der Waals surface area contributed by atoms with Crippen molar-refractivity contribution in [1.82, 2.24) is 0 Å². The van der Waals surface area contributed by atoms with Crippen LogP contribution in [0.1, 0.15) is 43.6 Å². The van der Waals surface area contributed by atoms with Crippen LogP contribution in [0.3, 0.4) is 0 Å². The monoisotopic (exact) mass is 263 g/mol. The third-order valence-electron chi connectivity index (χ3n) is 4.31. The molecule has 3 nitrogen and oxygen atoms in total. The summed E-state index contributed by atoms with van der Waals surface area (Å²) in [6.45, 7) is 0.675. The predicted octanol–water partition coefficient (Wildman–Crippen LogP) is 3.33. The van der Waals surface area contributed by atoms with E-state index >= 15 is 0 Å². The first-order valence-corrected chi connectivity index (χ1v) is 7.22. The van der Waals surface area contributed by atoms with Crippen LogP contribution < -0.4 is 15.2 Å². The fraction of sp³-hybridized carbons (Fsp3) is 0.625. The Labute approximate surface area is 116 Å². The van der Waals surface area contributed by atoms with Crippen molar-refractivity contribution in [2.24, 2.45) is 11.7 Å². The zero-order chi connectivity index (χ0) is 13.7. The van der Waals surface area contributed by atoms with Gasteiger partial charge in [0.05, 0.1) is 14.2 Å². The Kier molecular flexibility index (Phi) is 5.08. The SMILES string of the molecule is COc1ccc(OC)c(C(CN)C2CCCCC2)c1. The molecule has 0 aliphatic heterocycles. The second-order valence-electron chi connectivity index (χ2n) is 5.35. The predicted molar refractivity (Wildman–Crippen MR) is 77.9 cm³/mol. The van der Waals surface area contributed by atoms with Crippen LogP contribution in [0.5, 0.6) is 11.5 Å². The van der Waals surface area contributed by atoms with E-state index in [1.165, 1.54) is 37.7 Å². The summed E-state index contributed by atoms with van der Waals surface area (Å²) in [5.74, 6) is 2.87. The van der Waals surface area contributed by atoms with Crippen LogP contribution in [0.4, 0.5) is 0 Å². The summed E-state index contributed by atoms with van der Waals surface area (Å²) in [5.41, 5.74) is 7.26. The highest BCUT2D eigenvalue weighted by Crippen LogP contribution is 2.40. The number of hydrogen-bond acceptors (Lipinski definition) is 3. The molecule has 1 fully saturated rings. The number of nitrogens with two attached hydrogens (primary N) is 1. The molecule has 0 aromatic heterocycles. The molecular weight excluding hydrogens is 238 g/mol. The summed E-state index contributed by atoms with van der Waals surface area (Å²) in [6, 6.07) is 6.02. The Morgan fingerprint density at radius 2 is 1.89 bits per heavy atom. The molecule has 0 bridgehead atoms. The lowest BCUT2D eigenvalue weighted by atomic mass is 9.76. The van der Waals surface area contributed by atoms with Crippen molar-refractivity contribution in [3.05, 3.63) is 23.8 Å². The van der Waals surface area contributed by atoms with Crippen LogP contribution in [-0.4, -0.2) is 20.8 Å². The summed E-state index contributed by atoms with van der Waals surface area (Å²) in [4.78, 5) is 0. The van der Waals surface area contributed by atoms with Crippen LogP contribution in [0.15, 0.2) is 18.2 Å². The van der Waals surface area contributed by atoms with E-state index in [1.54, 1.807) is 14.2 Å². The molecule has 1 saturated carbocycles. The second kappa shape index (κ2) is 6.80. The average Bonchev–Trinajstić information content (AvgIpc) is 2.49. The Balaban J connectivity index is 2.29. The van der Waals surface area contributed by atoms with Gasteiger partial charge in [0.15, 0.2) is 0 Å². The van der Waals surface area contributed by atoms with E-state index in [1.807, 2.05) is 12.1 Å². The molecule has 106 valence electrons. The van der Waals surface area contributed by atoms with E-state index < -0.39 is 0 Å². The number of benzene rings is 1. The van der Waals surface area contributed by atoms with Gasteiger partial charge in [0, 0.05) is 11.5 Å². The molecule has 1 aromatic rings. The number of methoxy groups -OCH3 is 2. The van der Waals surface area contributed by atoms with Crippen molar-refractivity contribution < 1.29 is 9.47 Å². The van der Waals surface area contributed by atoms with Crippen molar-refractivity contribution >= 4 is 0 Å². The molecule has 19 heavy (non-hydrogen) atoms. The van der Waals surface area contributed by atoms with E-state index in [0.29, 0.717) is 18.4 Å². The standard InChI is InChI=1S/C16H25NO2/c1-18-13-8-9-16(19-2)14(10-13)15(11-17)12-6-4-3-5-7-12/h8-10,12,15H,3-7,11,17H2,1-2H3. The highest BCUT2D eigenvalue weighted by Gasteiger charge is 2.26. The number of hydrogen-bond donors (Lipinski definition) is 1. The van der Waals surface area contributed by atoms with E-state index in [-0.39, 0.29) is 0 Å². The molecule has 1 unspecified atom stereocenters. The van der Waals surface area contributed by atoms with Gasteiger partial charge in [-0.15, -0.1) is 0 Å². The summed E-state index contributed by atoms with van der Waals surface area (Å²) in [5, 5.41) is 0. The molecule has 2 rings (SSSR count). The first-order valence-electron chi connectivity index (χ1n) is 7.22. The highest BCUT2D eigenvalue weighted by molar-refractivity contribution is 5.43. The van der Waals surface area contributed by atoms with Gasteiger partial charge in [-0.25, -0.2) is 0 Å². The van der Waals surface area contributed by atoms with Crippen LogP contribution in [0, 0.1) is 5.92 Å². The Hall–Kier alpha value is -1.22. The molecular formula is C16H25NO2. The van der Waals surface area contributed by atoms with Crippen LogP contribution in [0.2, 0.25) is 0 Å². The maximum Gasteiger partial charge on any atom is 0.122 e. The van der Waals surface area contributed by atoms with E-state index in [2.05, 4.69) is 6.07 Å². The molecule has 3 heteroatoms. The second-order valence-corrected chi connectivity index (χ2v) is 5.35. The van der Waals surface area contributed by atoms with Crippen LogP contribution in [-0.2, 0) is 0 Å². The lowest BCUT2D eigenvalue weighted by molar-refractivity contribution is 0.299. The molecule has 0 saturated heterocycles. The van der Waals surface area contributed by atoms with E-state index in [9.17, 15) is 0 Å². The van der Waals surface area contributed by atoms with Gasteiger partial charge in [-0.2, -0.15) is 0 Å². The maximum atomic E-state index is 6.05. The fourth-order valence-corrected chi connectivity index (χ4v) is 3.24. The molecule has 0 heterocycles. The first kappa shape index (κ1) is 14.2. The minimum atomic E-state index is 0.380. The Bertz CT molecular complexity index is 400. The zero-order valence-electron chi connectivity index (χ0n) is 12.0. The largest absolute Gasteiger partial charge is 0.497 e. The quantitative estimate of drug-likeness (QED) is 0.886. The lowest BCUT2D eigenvalue weighted by Crippen LogP contribution is -2.24. The van der Waals surface area contributed by atoms with Gasteiger partial charge < -0.3 is 15.2 Å². The van der Waals surface area contributed by atoms with Gasteiger partial charge in [-0.1, -0.05) is 19.3 Å². The third-order valence-corrected chi connectivity index (χ3v) is 4.31. The minimum Gasteiger partial charge on any atom is -0.497 e. The number of rotatable bonds is 5. The van der Waals surface area contributed by atoms with Crippen molar-refractivity contribution in [2.75, 3.05) is 20.8 Å². The van der Waals surface area contributed by atoms with Gasteiger partial charge in [-0.05, 0) is 43.5 Å². The lowest BCUT2D eigenvalue weighted by Gasteiger charge is -2.30.